The number of hydrogen-bond donors (Lipinski definition) is 0. The number of ether oxygens (including phenoxy) is 1. The van der Waals surface area contributed by atoms with Crippen LogP contribution in [0, 0.1) is 0 Å². The summed E-state index contributed by atoms with van der Waals surface area (Å²) in [5.74, 6) is 0.841. The summed E-state index contributed by atoms with van der Waals surface area (Å²) in [7, 11) is 1.66. The van der Waals surface area contributed by atoms with E-state index >= 15 is 0 Å². The molecule has 0 aliphatic rings. The summed E-state index contributed by atoms with van der Waals surface area (Å²) < 4.78 is 5.23. The predicted molar refractivity (Wildman–Crippen MR) is 79.6 cm³/mol. The number of hydrogen-bond acceptors (Lipinski definition) is 3. The van der Waals surface area contributed by atoms with Crippen molar-refractivity contribution in [1.29, 1.82) is 0 Å². The van der Waals surface area contributed by atoms with Crippen LogP contribution in [0.3, 0.4) is 0 Å². The van der Waals surface area contributed by atoms with Gasteiger partial charge in [0.25, 0.3) is 0 Å². The maximum atomic E-state index is 10.9. The Balaban J connectivity index is 2.06. The highest BCUT2D eigenvalue weighted by Crippen LogP contribution is 2.15. The molecule has 0 atom stereocenters. The average Bonchev–Trinajstić information content (AvgIpc) is 2.49. The summed E-state index contributed by atoms with van der Waals surface area (Å²) in [6.07, 6.45) is 0.948. The van der Waals surface area contributed by atoms with E-state index in [4.69, 9.17) is 4.74 Å². The van der Waals surface area contributed by atoms with Gasteiger partial charge in [0.2, 0.25) is 0 Å². The number of carbonyl (C=O) groups excluding carboxylic acids is 1. The van der Waals surface area contributed by atoms with Crippen LogP contribution in [0.4, 0.5) is 0 Å². The summed E-state index contributed by atoms with van der Waals surface area (Å²) in [5.41, 5.74) is 2.35. The summed E-state index contributed by atoms with van der Waals surface area (Å²) in [6, 6.07) is 18.1. The SMILES string of the molecule is COc1cccc(CN(CC=O)Cc2ccccc2)c1. The fourth-order valence-electron chi connectivity index (χ4n) is 2.16. The molecule has 3 nitrogen and oxygen atoms in total. The molecular weight excluding hydrogens is 250 g/mol. The fourth-order valence-corrected chi connectivity index (χ4v) is 2.16. The van der Waals surface area contributed by atoms with Crippen molar-refractivity contribution in [2.24, 2.45) is 0 Å². The molecule has 0 aromatic heterocycles. The Morgan fingerprint density at radius 2 is 1.70 bits per heavy atom. The van der Waals surface area contributed by atoms with Crippen molar-refractivity contribution in [2.45, 2.75) is 13.1 Å². The van der Waals surface area contributed by atoms with E-state index in [-0.39, 0.29) is 0 Å². The summed E-state index contributed by atoms with van der Waals surface area (Å²) >= 11 is 0. The van der Waals surface area contributed by atoms with Gasteiger partial charge in [0.1, 0.15) is 12.0 Å². The molecule has 2 aromatic carbocycles. The Kier molecular flexibility index (Phi) is 5.33. The average molecular weight is 269 g/mol. The highest BCUT2D eigenvalue weighted by atomic mass is 16.5. The first-order valence-corrected chi connectivity index (χ1v) is 6.64. The smallest absolute Gasteiger partial charge is 0.134 e. The van der Waals surface area contributed by atoms with Crippen LogP contribution < -0.4 is 4.74 Å². The number of rotatable bonds is 7. The van der Waals surface area contributed by atoms with Crippen molar-refractivity contribution in [2.75, 3.05) is 13.7 Å². The van der Waals surface area contributed by atoms with E-state index in [1.807, 2.05) is 42.5 Å². The predicted octanol–water partition coefficient (Wildman–Crippen LogP) is 2.90. The second kappa shape index (κ2) is 7.46. The molecule has 0 heterocycles. The molecule has 3 heteroatoms. The molecule has 2 aromatic rings. The molecule has 2 rings (SSSR count). The zero-order valence-electron chi connectivity index (χ0n) is 11.7. The van der Waals surface area contributed by atoms with Gasteiger partial charge in [-0.05, 0) is 23.3 Å². The second-order valence-electron chi connectivity index (χ2n) is 4.67. The minimum atomic E-state index is 0.423. The van der Waals surface area contributed by atoms with Crippen molar-refractivity contribution in [3.8, 4) is 5.75 Å². The minimum Gasteiger partial charge on any atom is -0.497 e. The van der Waals surface area contributed by atoms with Crippen molar-refractivity contribution in [1.82, 2.24) is 4.90 Å². The molecule has 0 N–H and O–H groups in total. The van der Waals surface area contributed by atoms with Crippen molar-refractivity contribution >= 4 is 6.29 Å². The molecule has 104 valence electrons. The van der Waals surface area contributed by atoms with Crippen molar-refractivity contribution in [3.05, 3.63) is 65.7 Å². The van der Waals surface area contributed by atoms with Crippen molar-refractivity contribution in [3.63, 3.8) is 0 Å². The van der Waals surface area contributed by atoms with E-state index in [2.05, 4.69) is 17.0 Å². The Hall–Kier alpha value is -2.13. The third-order valence-electron chi connectivity index (χ3n) is 3.12. The van der Waals surface area contributed by atoms with Crippen LogP contribution in [-0.4, -0.2) is 24.8 Å². The molecule has 0 fully saturated rings. The van der Waals surface area contributed by atoms with Crippen molar-refractivity contribution < 1.29 is 9.53 Å². The first kappa shape index (κ1) is 14.3. The lowest BCUT2D eigenvalue weighted by Crippen LogP contribution is -2.24. The van der Waals surface area contributed by atoms with Gasteiger partial charge >= 0.3 is 0 Å². The standard InChI is InChI=1S/C17H19NO2/c1-20-17-9-5-8-16(12-17)14-18(10-11-19)13-15-6-3-2-4-7-15/h2-9,11-12H,10,13-14H2,1H3. The Bertz CT molecular complexity index is 540. The fraction of sp³-hybridized carbons (Fsp3) is 0.235. The largest absolute Gasteiger partial charge is 0.497 e. The van der Waals surface area contributed by atoms with E-state index in [1.54, 1.807) is 7.11 Å². The van der Waals surface area contributed by atoms with E-state index in [0.717, 1.165) is 30.7 Å². The van der Waals surface area contributed by atoms with Crippen LogP contribution in [0.25, 0.3) is 0 Å². The number of nitrogens with zero attached hydrogens (tertiary/aromatic N) is 1. The maximum Gasteiger partial charge on any atom is 0.134 e. The molecule has 0 saturated carbocycles. The Morgan fingerprint density at radius 3 is 2.40 bits per heavy atom. The number of benzene rings is 2. The van der Waals surface area contributed by atoms with Gasteiger partial charge < -0.3 is 9.53 Å². The number of methoxy groups -OCH3 is 1. The lowest BCUT2D eigenvalue weighted by atomic mass is 10.1. The third-order valence-corrected chi connectivity index (χ3v) is 3.12. The van der Waals surface area contributed by atoms with Gasteiger partial charge in [-0.3, -0.25) is 4.90 Å². The lowest BCUT2D eigenvalue weighted by Gasteiger charge is -2.20. The molecule has 0 aliphatic carbocycles. The molecule has 0 aliphatic heterocycles. The normalized spacial score (nSPS) is 10.5. The van der Waals surface area contributed by atoms with Crippen LogP contribution in [0.1, 0.15) is 11.1 Å². The second-order valence-corrected chi connectivity index (χ2v) is 4.67. The highest BCUT2D eigenvalue weighted by molar-refractivity contribution is 5.52. The molecule has 0 saturated heterocycles. The minimum absolute atomic E-state index is 0.423. The lowest BCUT2D eigenvalue weighted by molar-refractivity contribution is -0.109. The molecule has 0 radical (unpaired) electrons. The van der Waals surface area contributed by atoms with Crippen LogP contribution in [0.15, 0.2) is 54.6 Å². The Morgan fingerprint density at radius 1 is 1.00 bits per heavy atom. The van der Waals surface area contributed by atoms with E-state index < -0.39 is 0 Å². The molecule has 20 heavy (non-hydrogen) atoms. The molecule has 0 unspecified atom stereocenters. The monoisotopic (exact) mass is 269 g/mol. The quantitative estimate of drug-likeness (QED) is 0.724. The summed E-state index contributed by atoms with van der Waals surface area (Å²) in [6.45, 7) is 1.91. The van der Waals surface area contributed by atoms with Gasteiger partial charge in [-0.15, -0.1) is 0 Å². The molecular formula is C17H19NO2. The maximum absolute atomic E-state index is 10.9. The van der Waals surface area contributed by atoms with Gasteiger partial charge in [0.15, 0.2) is 0 Å². The number of aldehydes is 1. The molecule has 0 bridgehead atoms. The third kappa shape index (κ3) is 4.21. The topological polar surface area (TPSA) is 29.5 Å². The molecule has 0 amide bonds. The van der Waals surface area contributed by atoms with Gasteiger partial charge in [0, 0.05) is 13.1 Å². The van der Waals surface area contributed by atoms with Gasteiger partial charge in [-0.2, -0.15) is 0 Å². The van der Waals surface area contributed by atoms with Gasteiger partial charge in [0.05, 0.1) is 13.7 Å². The van der Waals surface area contributed by atoms with Crippen LogP contribution in [0.5, 0.6) is 5.75 Å². The van der Waals surface area contributed by atoms with E-state index in [1.165, 1.54) is 5.56 Å². The summed E-state index contributed by atoms with van der Waals surface area (Å²) in [5, 5.41) is 0. The highest BCUT2D eigenvalue weighted by Gasteiger charge is 2.07. The van der Waals surface area contributed by atoms with Gasteiger partial charge in [-0.25, -0.2) is 0 Å². The van der Waals surface area contributed by atoms with Crippen LogP contribution in [0.2, 0.25) is 0 Å². The first-order valence-electron chi connectivity index (χ1n) is 6.64. The first-order chi connectivity index (χ1) is 9.81. The van der Waals surface area contributed by atoms with Crippen LogP contribution >= 0.6 is 0 Å². The Labute approximate surface area is 119 Å². The zero-order valence-corrected chi connectivity index (χ0v) is 11.7. The van der Waals surface area contributed by atoms with E-state index in [0.29, 0.717) is 6.54 Å². The van der Waals surface area contributed by atoms with E-state index in [9.17, 15) is 4.79 Å². The number of carbonyl (C=O) groups is 1. The van der Waals surface area contributed by atoms with Crippen LogP contribution in [-0.2, 0) is 17.9 Å². The zero-order chi connectivity index (χ0) is 14.2. The molecule has 0 spiro atoms. The van der Waals surface area contributed by atoms with Gasteiger partial charge in [-0.1, -0.05) is 42.5 Å². The summed E-state index contributed by atoms with van der Waals surface area (Å²) in [4.78, 5) is 13.0.